The van der Waals surface area contributed by atoms with E-state index in [-0.39, 0.29) is 0 Å². The van der Waals surface area contributed by atoms with E-state index in [0.717, 1.165) is 22.4 Å². The summed E-state index contributed by atoms with van der Waals surface area (Å²) in [7, 11) is 4.21. The number of thiophene rings is 1. The third-order valence-corrected chi connectivity index (χ3v) is 4.72. The van der Waals surface area contributed by atoms with Gasteiger partial charge in [0.25, 0.3) is 0 Å². The van der Waals surface area contributed by atoms with Gasteiger partial charge in [-0.3, -0.25) is 0 Å². The Hall–Kier alpha value is -0.460. The molecule has 0 amide bonds. The summed E-state index contributed by atoms with van der Waals surface area (Å²) < 4.78 is 0.745. The van der Waals surface area contributed by atoms with Gasteiger partial charge in [-0.05, 0) is 25.5 Å². The molecule has 0 aliphatic carbocycles. The minimum atomic E-state index is 0.403. The molecule has 6 heteroatoms. The molecule has 1 atom stereocenters. The lowest BCUT2D eigenvalue weighted by molar-refractivity contribution is 0.292. The molecule has 0 aromatic carbocycles. The van der Waals surface area contributed by atoms with Crippen molar-refractivity contribution in [1.29, 1.82) is 0 Å². The summed E-state index contributed by atoms with van der Waals surface area (Å²) in [4.78, 5) is 7.84. The van der Waals surface area contributed by atoms with E-state index in [2.05, 4.69) is 46.8 Å². The van der Waals surface area contributed by atoms with Gasteiger partial charge in [0.15, 0.2) is 0 Å². The Bertz CT molecular complexity index is 467. The Balaban J connectivity index is 1.87. The third-order valence-electron chi connectivity index (χ3n) is 2.63. The molecule has 0 aliphatic rings. The quantitative estimate of drug-likeness (QED) is 0.888. The third kappa shape index (κ3) is 3.76. The number of rotatable bonds is 6. The highest BCUT2D eigenvalue weighted by Crippen LogP contribution is 2.23. The number of thiazole rings is 1. The van der Waals surface area contributed by atoms with Gasteiger partial charge < -0.3 is 10.2 Å². The van der Waals surface area contributed by atoms with Crippen molar-refractivity contribution in [2.75, 3.05) is 20.6 Å². The molecule has 2 heterocycles. The second-order valence-corrected chi connectivity index (χ2v) is 6.91. The van der Waals surface area contributed by atoms with Crippen LogP contribution in [0.2, 0.25) is 4.34 Å². The lowest BCUT2D eigenvalue weighted by Gasteiger charge is -2.23. The van der Waals surface area contributed by atoms with Crippen LogP contribution in [-0.2, 0) is 6.54 Å². The fourth-order valence-corrected chi connectivity index (χ4v) is 3.55. The van der Waals surface area contributed by atoms with Crippen LogP contribution >= 0.6 is 34.3 Å². The summed E-state index contributed by atoms with van der Waals surface area (Å²) in [5.74, 6) is 0. The number of likely N-dealkylation sites (N-methyl/N-ethyl adjacent to an activating group) is 1. The van der Waals surface area contributed by atoms with Crippen molar-refractivity contribution in [2.45, 2.75) is 12.6 Å². The second-order valence-electron chi connectivity index (χ2n) is 4.18. The monoisotopic (exact) mass is 301 g/mol. The van der Waals surface area contributed by atoms with Crippen LogP contribution in [0, 0.1) is 0 Å². The fourth-order valence-electron chi connectivity index (χ4n) is 1.70. The molecule has 3 nitrogen and oxygen atoms in total. The van der Waals surface area contributed by atoms with Crippen molar-refractivity contribution in [3.8, 4) is 0 Å². The molecule has 2 rings (SSSR count). The van der Waals surface area contributed by atoms with Crippen LogP contribution in [0.1, 0.15) is 15.9 Å². The fraction of sp³-hybridized carbons (Fsp3) is 0.417. The highest BCUT2D eigenvalue weighted by molar-refractivity contribution is 7.15. The molecule has 0 saturated heterocycles. The van der Waals surface area contributed by atoms with Gasteiger partial charge in [0.05, 0.1) is 12.2 Å². The van der Waals surface area contributed by atoms with Gasteiger partial charge in [0.1, 0.15) is 9.34 Å². The second kappa shape index (κ2) is 6.63. The summed E-state index contributed by atoms with van der Waals surface area (Å²) in [5.41, 5.74) is 0. The molecular formula is C12H16ClN3S2. The first-order chi connectivity index (χ1) is 8.66. The summed E-state index contributed by atoms with van der Waals surface area (Å²) in [6.07, 6.45) is 1.70. The average Bonchev–Trinajstić information content (AvgIpc) is 2.95. The number of nitrogens with one attached hydrogen (secondary N) is 1. The summed E-state index contributed by atoms with van der Waals surface area (Å²) in [6.45, 7) is 1.68. The van der Waals surface area contributed by atoms with Crippen LogP contribution in [0.15, 0.2) is 23.7 Å². The largest absolute Gasteiger partial charge is 0.309 e. The molecule has 0 fully saturated rings. The Morgan fingerprint density at radius 1 is 1.50 bits per heavy atom. The zero-order valence-corrected chi connectivity index (χ0v) is 12.8. The lowest BCUT2D eigenvalue weighted by Crippen LogP contribution is -2.30. The standard InChI is InChI=1S/C12H16ClN3S2/c1-16(2)9(10-4-3-5-17-10)6-14-8-12-15-7-11(13)18-12/h3-5,7,9,14H,6,8H2,1-2H3. The molecule has 0 spiro atoms. The zero-order chi connectivity index (χ0) is 13.0. The van der Waals surface area contributed by atoms with Crippen molar-refractivity contribution in [3.63, 3.8) is 0 Å². The molecule has 0 saturated carbocycles. The van der Waals surface area contributed by atoms with E-state index in [9.17, 15) is 0 Å². The molecule has 18 heavy (non-hydrogen) atoms. The van der Waals surface area contributed by atoms with Gasteiger partial charge in [-0.15, -0.1) is 22.7 Å². The molecule has 98 valence electrons. The van der Waals surface area contributed by atoms with Gasteiger partial charge in [0, 0.05) is 18.0 Å². The van der Waals surface area contributed by atoms with E-state index in [4.69, 9.17) is 11.6 Å². The molecule has 1 N–H and O–H groups in total. The van der Waals surface area contributed by atoms with E-state index in [1.54, 1.807) is 17.5 Å². The Labute approximate surface area is 120 Å². The lowest BCUT2D eigenvalue weighted by atomic mass is 10.2. The van der Waals surface area contributed by atoms with Gasteiger partial charge in [-0.25, -0.2) is 4.98 Å². The van der Waals surface area contributed by atoms with E-state index >= 15 is 0 Å². The Morgan fingerprint density at radius 2 is 2.33 bits per heavy atom. The minimum Gasteiger partial charge on any atom is -0.309 e. The van der Waals surface area contributed by atoms with Crippen LogP contribution in [0.25, 0.3) is 0 Å². The van der Waals surface area contributed by atoms with Crippen LogP contribution in [-0.4, -0.2) is 30.5 Å². The maximum absolute atomic E-state index is 5.86. The van der Waals surface area contributed by atoms with Crippen molar-refractivity contribution in [2.24, 2.45) is 0 Å². The van der Waals surface area contributed by atoms with Gasteiger partial charge in [-0.2, -0.15) is 0 Å². The summed E-state index contributed by atoms with van der Waals surface area (Å²) >= 11 is 9.18. The summed E-state index contributed by atoms with van der Waals surface area (Å²) in [6, 6.07) is 4.68. The Morgan fingerprint density at radius 3 is 2.89 bits per heavy atom. The number of hydrogen-bond acceptors (Lipinski definition) is 5. The molecule has 0 bridgehead atoms. The van der Waals surface area contributed by atoms with Crippen molar-refractivity contribution < 1.29 is 0 Å². The predicted molar refractivity (Wildman–Crippen MR) is 79.6 cm³/mol. The van der Waals surface area contributed by atoms with Crippen molar-refractivity contribution in [1.82, 2.24) is 15.2 Å². The van der Waals surface area contributed by atoms with E-state index in [1.165, 1.54) is 16.2 Å². The maximum Gasteiger partial charge on any atom is 0.113 e. The van der Waals surface area contributed by atoms with Crippen LogP contribution in [0.4, 0.5) is 0 Å². The molecule has 0 aliphatic heterocycles. The summed E-state index contributed by atoms with van der Waals surface area (Å²) in [5, 5.41) is 6.59. The van der Waals surface area contributed by atoms with Gasteiger partial charge in [-0.1, -0.05) is 17.7 Å². The van der Waals surface area contributed by atoms with Gasteiger partial charge >= 0.3 is 0 Å². The average molecular weight is 302 g/mol. The Kier molecular flexibility index (Phi) is 5.14. The van der Waals surface area contributed by atoms with Crippen LogP contribution in [0.3, 0.4) is 0 Å². The van der Waals surface area contributed by atoms with Crippen molar-refractivity contribution >= 4 is 34.3 Å². The predicted octanol–water partition coefficient (Wildman–Crippen LogP) is 3.25. The zero-order valence-electron chi connectivity index (χ0n) is 10.4. The van der Waals surface area contributed by atoms with E-state index < -0.39 is 0 Å². The number of hydrogen-bond donors (Lipinski definition) is 1. The number of halogens is 1. The minimum absolute atomic E-state index is 0.403. The first-order valence-electron chi connectivity index (χ1n) is 5.67. The molecule has 2 aromatic rings. The molecule has 1 unspecified atom stereocenters. The molecule has 2 aromatic heterocycles. The highest BCUT2D eigenvalue weighted by atomic mass is 35.5. The van der Waals surface area contributed by atoms with Crippen molar-refractivity contribution in [3.05, 3.63) is 37.9 Å². The van der Waals surface area contributed by atoms with Crippen LogP contribution in [0.5, 0.6) is 0 Å². The SMILES string of the molecule is CN(C)C(CNCc1ncc(Cl)s1)c1cccs1. The molecular weight excluding hydrogens is 286 g/mol. The first kappa shape index (κ1) is 14.0. The van der Waals surface area contributed by atoms with Gasteiger partial charge in [0.2, 0.25) is 0 Å². The maximum atomic E-state index is 5.86. The topological polar surface area (TPSA) is 28.2 Å². The number of nitrogens with zero attached hydrogens (tertiary/aromatic N) is 2. The smallest absolute Gasteiger partial charge is 0.113 e. The van der Waals surface area contributed by atoms with E-state index in [1.807, 2.05) is 0 Å². The van der Waals surface area contributed by atoms with Crippen LogP contribution < -0.4 is 5.32 Å². The molecule has 0 radical (unpaired) electrons. The number of aromatic nitrogens is 1. The first-order valence-corrected chi connectivity index (χ1v) is 7.75. The normalized spacial score (nSPS) is 13.1. The highest BCUT2D eigenvalue weighted by Gasteiger charge is 2.14. The van der Waals surface area contributed by atoms with E-state index in [0.29, 0.717) is 6.04 Å².